The minimum atomic E-state index is 0.0125. The molecule has 0 aromatic carbocycles. The summed E-state index contributed by atoms with van der Waals surface area (Å²) in [5, 5.41) is 0. The molecule has 152 valence electrons. The van der Waals surface area contributed by atoms with Gasteiger partial charge >= 0.3 is 0 Å². The zero-order valence-electron chi connectivity index (χ0n) is 17.5. The third kappa shape index (κ3) is 5.23. The molecule has 0 aromatic rings. The Hall–Kier alpha value is -0.120. The van der Waals surface area contributed by atoms with Crippen LogP contribution in [-0.4, -0.2) is 33.2 Å². The second-order valence-electron chi connectivity index (χ2n) is 9.18. The van der Waals surface area contributed by atoms with E-state index < -0.39 is 0 Å². The van der Waals surface area contributed by atoms with Crippen molar-refractivity contribution in [3.8, 4) is 0 Å². The van der Waals surface area contributed by atoms with Crippen LogP contribution in [0.1, 0.15) is 84.0 Å². The minimum absolute atomic E-state index is 0.0125. The Bertz CT molecular complexity index is 371. The molecule has 0 spiro atoms. The van der Waals surface area contributed by atoms with E-state index in [2.05, 4.69) is 6.92 Å². The summed E-state index contributed by atoms with van der Waals surface area (Å²) in [6.07, 6.45) is 17.4. The van der Waals surface area contributed by atoms with Gasteiger partial charge in [-0.2, -0.15) is 0 Å². The maximum atomic E-state index is 5.84. The van der Waals surface area contributed by atoms with Gasteiger partial charge in [-0.1, -0.05) is 0 Å². The minimum Gasteiger partial charge on any atom is -0.379 e. The number of rotatable bonds is 7. The topological polar surface area (TPSA) is 27.7 Å². The first-order chi connectivity index (χ1) is 12.7. The molecule has 3 fully saturated rings. The van der Waals surface area contributed by atoms with Crippen LogP contribution in [0.25, 0.3) is 0 Å². The van der Waals surface area contributed by atoms with E-state index in [0.29, 0.717) is 12.0 Å². The van der Waals surface area contributed by atoms with E-state index in [9.17, 15) is 0 Å². The number of hydrogen-bond donors (Lipinski definition) is 0. The van der Waals surface area contributed by atoms with Crippen LogP contribution in [0.5, 0.6) is 0 Å². The first-order valence-electron chi connectivity index (χ1n) is 11.4. The molecule has 0 aromatic heterocycles. The summed E-state index contributed by atoms with van der Waals surface area (Å²) in [6.45, 7) is 3.02. The molecule has 3 nitrogen and oxygen atoms in total. The van der Waals surface area contributed by atoms with E-state index >= 15 is 0 Å². The Labute approximate surface area is 161 Å². The van der Waals surface area contributed by atoms with Gasteiger partial charge in [0.2, 0.25) is 0 Å². The van der Waals surface area contributed by atoms with Crippen LogP contribution in [0.15, 0.2) is 0 Å². The van der Waals surface area contributed by atoms with E-state index in [0.717, 1.165) is 30.3 Å². The summed E-state index contributed by atoms with van der Waals surface area (Å²) in [6, 6.07) is 0. The molecule has 0 saturated heterocycles. The summed E-state index contributed by atoms with van der Waals surface area (Å²) < 4.78 is 16.8. The molecule has 0 unspecified atom stereocenters. The SMILES string of the molecule is CCOC1CCC(C2CCC(C3CCC(C(OC)OC)CC3)CC2)CC1. The average Bonchev–Trinajstić information content (AvgIpc) is 2.71. The summed E-state index contributed by atoms with van der Waals surface area (Å²) in [4.78, 5) is 0. The molecule has 0 N–H and O–H groups in total. The molecule has 3 aliphatic rings. The van der Waals surface area contributed by atoms with Crippen LogP contribution >= 0.6 is 0 Å². The van der Waals surface area contributed by atoms with E-state index in [4.69, 9.17) is 14.2 Å². The summed E-state index contributed by atoms with van der Waals surface area (Å²) >= 11 is 0. The fourth-order valence-electron chi connectivity index (χ4n) is 6.42. The van der Waals surface area contributed by atoms with E-state index in [-0.39, 0.29) is 6.29 Å². The first kappa shape index (κ1) is 20.6. The predicted molar refractivity (Wildman–Crippen MR) is 106 cm³/mol. The molecule has 0 bridgehead atoms. The summed E-state index contributed by atoms with van der Waals surface area (Å²) in [5.74, 6) is 4.58. The summed E-state index contributed by atoms with van der Waals surface area (Å²) in [5.41, 5.74) is 0. The van der Waals surface area contributed by atoms with Gasteiger partial charge in [-0.25, -0.2) is 0 Å². The molecule has 26 heavy (non-hydrogen) atoms. The molecule has 0 amide bonds. The molecule has 3 heteroatoms. The normalized spacial score (nSPS) is 39.2. The summed E-state index contributed by atoms with van der Waals surface area (Å²) in [7, 11) is 3.56. The quantitative estimate of drug-likeness (QED) is 0.532. The zero-order chi connectivity index (χ0) is 18.4. The van der Waals surface area contributed by atoms with Gasteiger partial charge in [0, 0.05) is 26.7 Å². The van der Waals surface area contributed by atoms with E-state index in [1.165, 1.54) is 77.0 Å². The van der Waals surface area contributed by atoms with Crippen molar-refractivity contribution in [3.05, 3.63) is 0 Å². The van der Waals surface area contributed by atoms with Crippen LogP contribution in [-0.2, 0) is 14.2 Å². The van der Waals surface area contributed by atoms with Crippen LogP contribution in [0, 0.1) is 29.6 Å². The highest BCUT2D eigenvalue weighted by atomic mass is 16.7. The van der Waals surface area contributed by atoms with Crippen LogP contribution in [0.4, 0.5) is 0 Å². The molecular weight excluding hydrogens is 324 g/mol. The van der Waals surface area contributed by atoms with Crippen molar-refractivity contribution in [1.29, 1.82) is 0 Å². The molecule has 0 aliphatic heterocycles. The van der Waals surface area contributed by atoms with Crippen molar-refractivity contribution < 1.29 is 14.2 Å². The largest absolute Gasteiger partial charge is 0.379 e. The molecule has 0 heterocycles. The number of methoxy groups -OCH3 is 2. The van der Waals surface area contributed by atoms with Crippen LogP contribution in [0.3, 0.4) is 0 Å². The Morgan fingerprint density at radius 2 is 1.00 bits per heavy atom. The van der Waals surface area contributed by atoms with Gasteiger partial charge < -0.3 is 14.2 Å². The standard InChI is InChI=1S/C23H42O3/c1-4-26-22-15-13-20(14-16-22)18-7-5-17(6-8-18)19-9-11-21(12-10-19)23(24-2)25-3/h17-23H,4-16H2,1-3H3. The Morgan fingerprint density at radius 1 is 0.615 bits per heavy atom. The number of ether oxygens (including phenoxy) is 3. The average molecular weight is 367 g/mol. The smallest absolute Gasteiger partial charge is 0.159 e. The van der Waals surface area contributed by atoms with Gasteiger partial charge in [0.25, 0.3) is 0 Å². The molecule has 0 radical (unpaired) electrons. The van der Waals surface area contributed by atoms with Crippen molar-refractivity contribution in [2.24, 2.45) is 29.6 Å². The van der Waals surface area contributed by atoms with Gasteiger partial charge in [0.05, 0.1) is 6.10 Å². The second-order valence-corrected chi connectivity index (χ2v) is 9.18. The Morgan fingerprint density at radius 3 is 1.38 bits per heavy atom. The molecule has 0 atom stereocenters. The maximum Gasteiger partial charge on any atom is 0.159 e. The first-order valence-corrected chi connectivity index (χ1v) is 11.4. The van der Waals surface area contributed by atoms with Crippen molar-refractivity contribution in [2.45, 2.75) is 96.4 Å². The van der Waals surface area contributed by atoms with Crippen LogP contribution in [0.2, 0.25) is 0 Å². The predicted octanol–water partition coefficient (Wildman–Crippen LogP) is 5.81. The lowest BCUT2D eigenvalue weighted by Crippen LogP contribution is -2.33. The third-order valence-electron chi connectivity index (χ3n) is 7.94. The monoisotopic (exact) mass is 366 g/mol. The molecule has 3 aliphatic carbocycles. The van der Waals surface area contributed by atoms with Gasteiger partial charge in [-0.05, 0) is 108 Å². The second kappa shape index (κ2) is 10.4. The fraction of sp³-hybridized carbons (Fsp3) is 1.00. The van der Waals surface area contributed by atoms with Crippen molar-refractivity contribution in [1.82, 2.24) is 0 Å². The van der Waals surface area contributed by atoms with Gasteiger partial charge in [0.1, 0.15) is 0 Å². The highest BCUT2D eigenvalue weighted by Crippen LogP contribution is 2.46. The molecule has 3 saturated carbocycles. The molecule has 3 rings (SSSR count). The highest BCUT2D eigenvalue weighted by molar-refractivity contribution is 4.86. The van der Waals surface area contributed by atoms with E-state index in [1.54, 1.807) is 14.2 Å². The van der Waals surface area contributed by atoms with Crippen molar-refractivity contribution in [2.75, 3.05) is 20.8 Å². The lowest BCUT2D eigenvalue weighted by Gasteiger charge is -2.41. The fourth-order valence-corrected chi connectivity index (χ4v) is 6.42. The zero-order valence-corrected chi connectivity index (χ0v) is 17.5. The van der Waals surface area contributed by atoms with E-state index in [1.807, 2.05) is 0 Å². The van der Waals surface area contributed by atoms with Gasteiger partial charge in [-0.3, -0.25) is 0 Å². The van der Waals surface area contributed by atoms with Crippen molar-refractivity contribution in [3.63, 3.8) is 0 Å². The van der Waals surface area contributed by atoms with Crippen molar-refractivity contribution >= 4 is 0 Å². The lowest BCUT2D eigenvalue weighted by molar-refractivity contribution is -0.147. The maximum absolute atomic E-state index is 5.84. The Kier molecular flexibility index (Phi) is 8.27. The van der Waals surface area contributed by atoms with Crippen LogP contribution < -0.4 is 0 Å². The third-order valence-corrected chi connectivity index (χ3v) is 7.94. The highest BCUT2D eigenvalue weighted by Gasteiger charge is 2.36. The molecular formula is C23H42O3. The van der Waals surface area contributed by atoms with Gasteiger partial charge in [0.15, 0.2) is 6.29 Å². The Balaban J connectivity index is 1.37. The lowest BCUT2D eigenvalue weighted by atomic mass is 9.65. The van der Waals surface area contributed by atoms with Gasteiger partial charge in [-0.15, -0.1) is 0 Å². The number of hydrogen-bond acceptors (Lipinski definition) is 3.